The van der Waals surface area contributed by atoms with Crippen LogP contribution < -0.4 is 20.9 Å². The van der Waals surface area contributed by atoms with Crippen molar-refractivity contribution in [2.45, 2.75) is 62.9 Å². The normalized spacial score (nSPS) is 28.3. The van der Waals surface area contributed by atoms with E-state index in [0.29, 0.717) is 5.56 Å². The van der Waals surface area contributed by atoms with Crippen LogP contribution in [0.4, 0.5) is 8.78 Å². The van der Waals surface area contributed by atoms with Gasteiger partial charge in [-0.1, -0.05) is 0 Å². The van der Waals surface area contributed by atoms with Crippen molar-refractivity contribution in [1.82, 2.24) is 19.6 Å². The maximum atomic E-state index is 15.8. The molecule has 2 fully saturated rings. The molecule has 13 nitrogen and oxygen atoms in total. The highest BCUT2D eigenvalue weighted by Crippen LogP contribution is 2.63. The number of rotatable bonds is 10. The summed E-state index contributed by atoms with van der Waals surface area (Å²) in [7, 11) is -4.49. The van der Waals surface area contributed by atoms with Gasteiger partial charge in [0.05, 0.1) is 6.61 Å². The summed E-state index contributed by atoms with van der Waals surface area (Å²) in [5.74, 6) is -1.30. The van der Waals surface area contributed by atoms with Crippen molar-refractivity contribution >= 4 is 13.7 Å². The standard InChI is InChI=1S/C27H29F2N4O9P/c1-4-39-22(35)15(2)32-43(38,41-17-9-7-16(8-10-17)21-18(28)6-5-12-30-21)42-19-14-27(19)23(36)26(3,29)24(40-27)33-13-11-20(34)31-25(33)37/h5-13,15,19,23-24,36H,4,14H2,1-3H3,(H,32,38)(H,31,34,37)/t15-,19-,23-,24+,26+,27-,43?/m0/s1. The van der Waals surface area contributed by atoms with E-state index in [1.165, 1.54) is 49.5 Å². The lowest BCUT2D eigenvalue weighted by Gasteiger charge is -2.25. The Morgan fingerprint density at radius 2 is 2.02 bits per heavy atom. The van der Waals surface area contributed by atoms with Crippen LogP contribution in [0.1, 0.15) is 33.4 Å². The number of aromatic nitrogens is 3. The number of nitrogens with one attached hydrogen (secondary N) is 2. The second kappa shape index (κ2) is 11.4. The number of pyridine rings is 1. The number of aliphatic hydroxyl groups excluding tert-OH is 1. The molecule has 1 aliphatic carbocycles. The summed E-state index contributed by atoms with van der Waals surface area (Å²) in [6, 6.07) is 8.23. The second-order valence-electron chi connectivity index (χ2n) is 10.3. The summed E-state index contributed by atoms with van der Waals surface area (Å²) in [4.78, 5) is 42.2. The minimum Gasteiger partial charge on any atom is -0.465 e. The zero-order valence-corrected chi connectivity index (χ0v) is 24.1. The van der Waals surface area contributed by atoms with Gasteiger partial charge in [0.1, 0.15) is 41.1 Å². The molecule has 1 aliphatic heterocycles. The van der Waals surface area contributed by atoms with E-state index in [-0.39, 0.29) is 24.5 Å². The van der Waals surface area contributed by atoms with Crippen LogP contribution in [0.5, 0.6) is 5.75 Å². The highest BCUT2D eigenvalue weighted by atomic mass is 31.2. The van der Waals surface area contributed by atoms with Gasteiger partial charge in [0, 0.05) is 30.4 Å². The number of alkyl halides is 1. The molecule has 3 aromatic rings. The van der Waals surface area contributed by atoms with E-state index in [9.17, 15) is 28.4 Å². The lowest BCUT2D eigenvalue weighted by atomic mass is 9.97. The van der Waals surface area contributed by atoms with Crippen LogP contribution in [0.15, 0.2) is 64.4 Å². The Morgan fingerprint density at radius 3 is 2.67 bits per heavy atom. The predicted molar refractivity (Wildman–Crippen MR) is 146 cm³/mol. The molecule has 43 heavy (non-hydrogen) atoms. The van der Waals surface area contributed by atoms with Gasteiger partial charge in [-0.3, -0.25) is 28.6 Å². The fourth-order valence-corrected chi connectivity index (χ4v) is 6.65. The van der Waals surface area contributed by atoms with Crippen LogP contribution in [0, 0.1) is 5.82 Å². The Hall–Kier alpha value is -3.75. The van der Waals surface area contributed by atoms with Gasteiger partial charge in [-0.2, -0.15) is 5.09 Å². The molecular formula is C27H29F2N4O9P. The largest absolute Gasteiger partial charge is 0.465 e. The Labute approximate surface area is 243 Å². The number of esters is 1. The maximum absolute atomic E-state index is 15.8. The van der Waals surface area contributed by atoms with Gasteiger partial charge in [-0.05, 0) is 57.2 Å². The topological polar surface area (TPSA) is 171 Å². The van der Waals surface area contributed by atoms with E-state index in [4.69, 9.17) is 18.5 Å². The Balaban J connectivity index is 1.40. The summed E-state index contributed by atoms with van der Waals surface area (Å²) >= 11 is 0. The van der Waals surface area contributed by atoms with Crippen molar-refractivity contribution in [3.8, 4) is 17.0 Å². The van der Waals surface area contributed by atoms with Crippen molar-refractivity contribution in [3.63, 3.8) is 0 Å². The first-order valence-corrected chi connectivity index (χ1v) is 14.8. The van der Waals surface area contributed by atoms with Crippen LogP contribution in [-0.4, -0.2) is 61.7 Å². The van der Waals surface area contributed by atoms with Crippen LogP contribution in [0.25, 0.3) is 11.3 Å². The molecule has 3 heterocycles. The summed E-state index contributed by atoms with van der Waals surface area (Å²) < 4.78 is 67.1. The third-order valence-corrected chi connectivity index (χ3v) is 8.86. The number of halogens is 2. The third-order valence-electron chi connectivity index (χ3n) is 7.17. The van der Waals surface area contributed by atoms with Gasteiger partial charge in [0.2, 0.25) is 0 Å². The molecule has 0 radical (unpaired) electrons. The molecule has 1 aromatic carbocycles. The Bertz CT molecular complexity index is 1680. The van der Waals surface area contributed by atoms with Crippen molar-refractivity contribution in [2.75, 3.05) is 6.61 Å². The molecule has 1 unspecified atom stereocenters. The minimum atomic E-state index is -4.49. The number of hydrogen-bond donors (Lipinski definition) is 3. The van der Waals surface area contributed by atoms with E-state index in [0.717, 1.165) is 23.8 Å². The number of carbonyl (C=O) groups excluding carboxylic acids is 1. The smallest absolute Gasteiger partial charge is 0.459 e. The first kappa shape index (κ1) is 30.7. The summed E-state index contributed by atoms with van der Waals surface area (Å²) in [5.41, 5.74) is -5.45. The molecule has 1 spiro atoms. The fourth-order valence-electron chi connectivity index (χ4n) is 4.92. The van der Waals surface area contributed by atoms with Crippen molar-refractivity contribution in [2.24, 2.45) is 0 Å². The van der Waals surface area contributed by atoms with Crippen LogP contribution >= 0.6 is 7.75 Å². The average Bonchev–Trinajstić information content (AvgIpc) is 3.59. The molecule has 7 atom stereocenters. The SMILES string of the molecule is CCOC(=O)[C@H](C)NP(=O)(Oc1ccc(-c2ncccc2F)cc1)O[C@H]1C[C@]12O[C@@H](n1ccc(=O)[nH]c1=O)[C@](C)(F)[C@@H]2O. The molecule has 3 N–H and O–H groups in total. The zero-order chi connectivity index (χ0) is 31.2. The third kappa shape index (κ3) is 5.91. The van der Waals surface area contributed by atoms with Crippen LogP contribution in [0.2, 0.25) is 0 Å². The molecule has 2 aliphatic rings. The molecule has 1 saturated carbocycles. The Morgan fingerprint density at radius 1 is 1.30 bits per heavy atom. The van der Waals surface area contributed by atoms with Gasteiger partial charge >= 0.3 is 19.4 Å². The predicted octanol–water partition coefficient (Wildman–Crippen LogP) is 2.61. The van der Waals surface area contributed by atoms with E-state index >= 15 is 4.39 Å². The molecule has 230 valence electrons. The maximum Gasteiger partial charge on any atom is 0.459 e. The van der Waals surface area contributed by atoms with E-state index in [1.54, 1.807) is 6.92 Å². The number of H-pyrrole nitrogens is 1. The minimum absolute atomic E-state index is 0.00238. The zero-order valence-electron chi connectivity index (χ0n) is 23.2. The number of hydrogen-bond acceptors (Lipinski definition) is 10. The molecule has 0 bridgehead atoms. The first-order valence-electron chi connectivity index (χ1n) is 13.3. The van der Waals surface area contributed by atoms with E-state index in [1.807, 2.05) is 4.98 Å². The molecule has 1 saturated heterocycles. The summed E-state index contributed by atoms with van der Waals surface area (Å²) in [6.07, 6.45) is -2.41. The van der Waals surface area contributed by atoms with Gasteiger partial charge in [0.25, 0.3) is 5.56 Å². The number of nitrogens with zero attached hydrogens (tertiary/aromatic N) is 2. The first-order chi connectivity index (χ1) is 20.3. The number of ether oxygens (including phenoxy) is 2. The summed E-state index contributed by atoms with van der Waals surface area (Å²) in [5, 5.41) is 13.4. The monoisotopic (exact) mass is 622 g/mol. The van der Waals surface area contributed by atoms with Crippen molar-refractivity contribution < 1.29 is 41.8 Å². The average molecular weight is 623 g/mol. The molecular weight excluding hydrogens is 593 g/mol. The van der Waals surface area contributed by atoms with E-state index < -0.39 is 66.5 Å². The molecule has 2 aromatic heterocycles. The Kier molecular flexibility index (Phi) is 8.13. The number of carbonyl (C=O) groups is 1. The molecule has 16 heteroatoms. The highest BCUT2D eigenvalue weighted by molar-refractivity contribution is 7.52. The number of aromatic amines is 1. The van der Waals surface area contributed by atoms with Crippen LogP contribution in [0.3, 0.4) is 0 Å². The lowest BCUT2D eigenvalue weighted by molar-refractivity contribution is -0.144. The quantitative estimate of drug-likeness (QED) is 0.224. The number of benzene rings is 1. The van der Waals surface area contributed by atoms with Crippen LogP contribution in [-0.2, 0) is 23.4 Å². The van der Waals surface area contributed by atoms with Crippen molar-refractivity contribution in [3.05, 3.63) is 81.5 Å². The lowest BCUT2D eigenvalue weighted by Crippen LogP contribution is -2.44. The molecule has 0 amide bonds. The van der Waals surface area contributed by atoms with E-state index in [2.05, 4.69) is 10.1 Å². The van der Waals surface area contributed by atoms with Gasteiger partial charge in [-0.25, -0.2) is 18.1 Å². The van der Waals surface area contributed by atoms with Gasteiger partial charge < -0.3 is 19.1 Å². The molecule has 5 rings (SSSR count). The van der Waals surface area contributed by atoms with Crippen molar-refractivity contribution in [1.29, 1.82) is 0 Å². The fraction of sp³-hybridized carbons (Fsp3) is 0.407. The number of aliphatic hydroxyl groups is 1. The highest BCUT2D eigenvalue weighted by Gasteiger charge is 2.76. The van der Waals surface area contributed by atoms with Gasteiger partial charge in [-0.15, -0.1) is 0 Å². The summed E-state index contributed by atoms with van der Waals surface area (Å²) in [6.45, 7) is 4.03. The second-order valence-corrected chi connectivity index (χ2v) is 12.0. The van der Waals surface area contributed by atoms with Gasteiger partial charge in [0.15, 0.2) is 11.9 Å².